The summed E-state index contributed by atoms with van der Waals surface area (Å²) in [5.74, 6) is 1.28. The molecule has 1 aliphatic rings. The van der Waals surface area contributed by atoms with E-state index in [1.165, 1.54) is 23.3 Å². The molecule has 1 nitrogen and oxygen atoms in total. The summed E-state index contributed by atoms with van der Waals surface area (Å²) in [4.78, 5) is 4.47. The fourth-order valence-electron chi connectivity index (χ4n) is 2.23. The minimum atomic E-state index is -1.01. The van der Waals surface area contributed by atoms with Gasteiger partial charge in [-0.05, 0) is 24.5 Å². The standard InChI is InChI=1S/C12H21NS2Si/c1-12(11-6-5-8-14-11)13(7-9-15-12)10-16(2,3)4/h5-6,8H,7,9-10H2,1-4H3. The Kier molecular flexibility index (Phi) is 3.55. The van der Waals surface area contributed by atoms with Crippen LogP contribution in [0.1, 0.15) is 11.8 Å². The van der Waals surface area contributed by atoms with Crippen LogP contribution >= 0.6 is 23.1 Å². The van der Waals surface area contributed by atoms with Crippen LogP contribution in [-0.4, -0.2) is 31.4 Å². The van der Waals surface area contributed by atoms with Gasteiger partial charge >= 0.3 is 0 Å². The monoisotopic (exact) mass is 271 g/mol. The molecule has 2 rings (SSSR count). The van der Waals surface area contributed by atoms with Crippen LogP contribution in [0, 0.1) is 0 Å². The molecular weight excluding hydrogens is 250 g/mol. The van der Waals surface area contributed by atoms with E-state index in [0.717, 1.165) is 0 Å². The zero-order valence-corrected chi connectivity index (χ0v) is 13.3. The Bertz CT molecular complexity index is 344. The molecule has 1 aliphatic heterocycles. The Hall–Kier alpha value is 0.227. The van der Waals surface area contributed by atoms with Gasteiger partial charge in [0, 0.05) is 17.2 Å². The third-order valence-corrected chi connectivity index (χ3v) is 6.96. The Labute approximate surface area is 108 Å². The number of hydrogen-bond donors (Lipinski definition) is 0. The number of nitrogens with zero attached hydrogens (tertiary/aromatic N) is 1. The van der Waals surface area contributed by atoms with Gasteiger partial charge in [-0.3, -0.25) is 4.90 Å². The molecule has 2 heterocycles. The number of rotatable bonds is 3. The summed E-state index contributed by atoms with van der Waals surface area (Å²) in [6, 6.07) is 4.47. The Morgan fingerprint density at radius 3 is 2.75 bits per heavy atom. The molecule has 0 spiro atoms. The maximum Gasteiger partial charge on any atom is 0.0988 e. The molecule has 0 N–H and O–H groups in total. The highest BCUT2D eigenvalue weighted by Gasteiger charge is 2.41. The van der Waals surface area contributed by atoms with Crippen molar-refractivity contribution < 1.29 is 0 Å². The molecule has 1 unspecified atom stereocenters. The average Bonchev–Trinajstić information content (AvgIpc) is 2.74. The maximum atomic E-state index is 2.70. The third-order valence-electron chi connectivity index (χ3n) is 2.99. The van der Waals surface area contributed by atoms with Gasteiger partial charge in [-0.25, -0.2) is 0 Å². The number of thioether (sulfide) groups is 1. The first-order chi connectivity index (χ1) is 7.42. The lowest BCUT2D eigenvalue weighted by Crippen LogP contribution is -2.46. The molecule has 0 radical (unpaired) electrons. The van der Waals surface area contributed by atoms with Gasteiger partial charge < -0.3 is 0 Å². The molecule has 1 aromatic rings. The minimum Gasteiger partial charge on any atom is -0.287 e. The van der Waals surface area contributed by atoms with Gasteiger partial charge in [-0.1, -0.05) is 25.7 Å². The smallest absolute Gasteiger partial charge is 0.0988 e. The normalized spacial score (nSPS) is 27.5. The molecule has 4 heteroatoms. The van der Waals surface area contributed by atoms with Crippen molar-refractivity contribution in [3.8, 4) is 0 Å². The maximum absolute atomic E-state index is 2.70. The van der Waals surface area contributed by atoms with E-state index in [9.17, 15) is 0 Å². The zero-order valence-electron chi connectivity index (χ0n) is 10.6. The van der Waals surface area contributed by atoms with E-state index in [1.807, 2.05) is 11.3 Å². The highest BCUT2D eigenvalue weighted by molar-refractivity contribution is 8.00. The average molecular weight is 272 g/mol. The zero-order chi connectivity index (χ0) is 11.8. The van der Waals surface area contributed by atoms with Gasteiger partial charge in [0.1, 0.15) is 0 Å². The van der Waals surface area contributed by atoms with Crippen molar-refractivity contribution in [3.05, 3.63) is 22.4 Å². The lowest BCUT2D eigenvalue weighted by Gasteiger charge is -2.37. The van der Waals surface area contributed by atoms with Gasteiger partial charge in [0.15, 0.2) is 0 Å². The summed E-state index contributed by atoms with van der Waals surface area (Å²) in [6.45, 7) is 11.0. The first-order valence-electron chi connectivity index (χ1n) is 5.85. The third kappa shape index (κ3) is 2.55. The van der Waals surface area contributed by atoms with E-state index in [1.54, 1.807) is 0 Å². The van der Waals surface area contributed by atoms with E-state index >= 15 is 0 Å². The van der Waals surface area contributed by atoms with Gasteiger partial charge in [-0.15, -0.1) is 23.1 Å². The molecule has 1 fully saturated rings. The first-order valence-corrected chi connectivity index (χ1v) is 11.4. The van der Waals surface area contributed by atoms with Crippen molar-refractivity contribution in [2.24, 2.45) is 0 Å². The predicted octanol–water partition coefficient (Wildman–Crippen LogP) is 3.85. The molecule has 0 aromatic carbocycles. The van der Waals surface area contributed by atoms with Crippen LogP contribution < -0.4 is 0 Å². The molecule has 0 saturated carbocycles. The van der Waals surface area contributed by atoms with Crippen LogP contribution in [0.5, 0.6) is 0 Å². The van der Waals surface area contributed by atoms with E-state index in [2.05, 4.69) is 60.7 Å². The molecule has 0 bridgehead atoms. The quantitative estimate of drug-likeness (QED) is 0.768. The van der Waals surface area contributed by atoms with Gasteiger partial charge in [0.05, 0.1) is 12.9 Å². The fourth-order valence-corrected chi connectivity index (χ4v) is 6.35. The fraction of sp³-hybridized carbons (Fsp3) is 0.667. The van der Waals surface area contributed by atoms with Crippen LogP contribution in [0.25, 0.3) is 0 Å². The van der Waals surface area contributed by atoms with Crippen LogP contribution in [0.2, 0.25) is 19.6 Å². The van der Waals surface area contributed by atoms with E-state index in [0.29, 0.717) is 0 Å². The summed E-state index contributed by atoms with van der Waals surface area (Å²) in [5.41, 5.74) is 0. The van der Waals surface area contributed by atoms with Crippen molar-refractivity contribution in [1.29, 1.82) is 0 Å². The second-order valence-electron chi connectivity index (χ2n) is 5.79. The second-order valence-corrected chi connectivity index (χ2v) is 13.7. The molecule has 0 aliphatic carbocycles. The van der Waals surface area contributed by atoms with Gasteiger partial charge in [0.25, 0.3) is 0 Å². The van der Waals surface area contributed by atoms with Crippen LogP contribution in [0.3, 0.4) is 0 Å². The Morgan fingerprint density at radius 1 is 1.44 bits per heavy atom. The molecule has 1 atom stereocenters. The Balaban J connectivity index is 2.20. The number of thiophene rings is 1. The SMILES string of the molecule is CC1(c2cccs2)SCCN1C[Si](C)(C)C. The summed E-state index contributed by atoms with van der Waals surface area (Å²) in [5, 5.41) is 2.20. The van der Waals surface area contributed by atoms with Crippen LogP contribution in [-0.2, 0) is 4.87 Å². The summed E-state index contributed by atoms with van der Waals surface area (Å²) < 4.78 is 0. The highest BCUT2D eigenvalue weighted by Crippen LogP contribution is 2.46. The molecule has 0 amide bonds. The first kappa shape index (κ1) is 12.7. The largest absolute Gasteiger partial charge is 0.287 e. The van der Waals surface area contributed by atoms with E-state index in [-0.39, 0.29) is 4.87 Å². The Morgan fingerprint density at radius 2 is 2.19 bits per heavy atom. The predicted molar refractivity (Wildman–Crippen MR) is 79.0 cm³/mol. The lowest BCUT2D eigenvalue weighted by atomic mass is 10.2. The second kappa shape index (κ2) is 4.48. The van der Waals surface area contributed by atoms with Crippen molar-refractivity contribution in [1.82, 2.24) is 4.90 Å². The molecule has 1 saturated heterocycles. The molecular formula is C12H21NS2Si. The molecule has 1 aromatic heterocycles. The van der Waals surface area contributed by atoms with Crippen molar-refractivity contribution in [2.45, 2.75) is 31.4 Å². The van der Waals surface area contributed by atoms with Crippen molar-refractivity contribution in [2.75, 3.05) is 18.5 Å². The lowest BCUT2D eigenvalue weighted by molar-refractivity contribution is 0.246. The topological polar surface area (TPSA) is 3.24 Å². The molecule has 16 heavy (non-hydrogen) atoms. The summed E-state index contributed by atoms with van der Waals surface area (Å²) in [6.07, 6.45) is 1.31. The van der Waals surface area contributed by atoms with Crippen LogP contribution in [0.4, 0.5) is 0 Å². The highest BCUT2D eigenvalue weighted by atomic mass is 32.2. The molecule has 90 valence electrons. The summed E-state index contributed by atoms with van der Waals surface area (Å²) in [7, 11) is -1.01. The van der Waals surface area contributed by atoms with Gasteiger partial charge in [-0.2, -0.15) is 0 Å². The van der Waals surface area contributed by atoms with Crippen molar-refractivity contribution in [3.63, 3.8) is 0 Å². The van der Waals surface area contributed by atoms with Gasteiger partial charge in [0.2, 0.25) is 0 Å². The van der Waals surface area contributed by atoms with E-state index < -0.39 is 8.07 Å². The van der Waals surface area contributed by atoms with E-state index in [4.69, 9.17) is 0 Å². The number of hydrogen-bond acceptors (Lipinski definition) is 3. The van der Waals surface area contributed by atoms with Crippen molar-refractivity contribution >= 4 is 31.2 Å². The van der Waals surface area contributed by atoms with Crippen LogP contribution in [0.15, 0.2) is 17.5 Å². The minimum absolute atomic E-state index is 0.244. The summed E-state index contributed by atoms with van der Waals surface area (Å²) >= 11 is 4.01.